The molecule has 0 amide bonds. The first-order chi connectivity index (χ1) is 20.3. The first-order valence-electron chi connectivity index (χ1n) is 13.7. The van der Waals surface area contributed by atoms with E-state index in [1.54, 1.807) is 6.20 Å². The molecule has 194 valence electrons. The van der Waals surface area contributed by atoms with Gasteiger partial charge in [-0.15, -0.1) is 0 Å². The molecule has 2 aliphatic heterocycles. The number of para-hydroxylation sites is 2. The Balaban J connectivity index is 1.36. The van der Waals surface area contributed by atoms with E-state index >= 15 is 0 Å². The van der Waals surface area contributed by atoms with Gasteiger partial charge in [-0.05, 0) is 58.7 Å². The van der Waals surface area contributed by atoms with Gasteiger partial charge in [0.2, 0.25) is 0 Å². The number of ketones is 1. The van der Waals surface area contributed by atoms with Crippen molar-refractivity contribution in [1.29, 1.82) is 0 Å². The van der Waals surface area contributed by atoms with Crippen LogP contribution in [0.5, 0.6) is 0 Å². The van der Waals surface area contributed by atoms with Crippen LogP contribution in [0.1, 0.15) is 38.2 Å². The highest BCUT2D eigenvalue weighted by atomic mass is 32.2. The number of nitrogens with zero attached hydrogens (tertiary/aromatic N) is 2. The summed E-state index contributed by atoms with van der Waals surface area (Å²) in [5.41, 5.74) is 7.92. The number of hydrogen-bond donors (Lipinski definition) is 0. The molecule has 0 saturated carbocycles. The molecule has 3 nitrogen and oxygen atoms in total. The van der Waals surface area contributed by atoms with Crippen LogP contribution in [0.4, 0.5) is 17.2 Å². The van der Waals surface area contributed by atoms with Crippen molar-refractivity contribution in [1.82, 2.24) is 4.98 Å². The topological polar surface area (TPSA) is 33.2 Å². The summed E-state index contributed by atoms with van der Waals surface area (Å²) < 4.78 is 0. The number of carbonyl (C=O) groups excluding carboxylic acids is 1. The van der Waals surface area contributed by atoms with Crippen molar-refractivity contribution in [2.24, 2.45) is 0 Å². The van der Waals surface area contributed by atoms with Crippen molar-refractivity contribution >= 4 is 34.7 Å². The van der Waals surface area contributed by atoms with Gasteiger partial charge in [-0.25, -0.2) is 4.98 Å². The summed E-state index contributed by atoms with van der Waals surface area (Å²) in [7, 11) is 0. The molecule has 3 heterocycles. The van der Waals surface area contributed by atoms with Gasteiger partial charge in [0.25, 0.3) is 0 Å². The third kappa shape index (κ3) is 3.47. The molecule has 6 aromatic rings. The molecule has 8 rings (SSSR count). The summed E-state index contributed by atoms with van der Waals surface area (Å²) in [6.45, 7) is 0. The van der Waals surface area contributed by atoms with E-state index in [-0.39, 0.29) is 5.78 Å². The number of anilines is 3. The Morgan fingerprint density at radius 1 is 0.537 bits per heavy atom. The van der Waals surface area contributed by atoms with Gasteiger partial charge in [-0.2, -0.15) is 0 Å². The third-order valence-electron chi connectivity index (χ3n) is 8.18. The maximum Gasteiger partial charge on any atom is 0.194 e. The summed E-state index contributed by atoms with van der Waals surface area (Å²) in [5, 5.41) is 0. The number of aromatic nitrogens is 1. The van der Waals surface area contributed by atoms with Crippen molar-refractivity contribution in [3.63, 3.8) is 0 Å². The Bertz CT molecular complexity index is 1850. The Morgan fingerprint density at radius 2 is 1.05 bits per heavy atom. The van der Waals surface area contributed by atoms with Crippen LogP contribution in [0.15, 0.2) is 156 Å². The first kappa shape index (κ1) is 23.9. The lowest BCUT2D eigenvalue weighted by Gasteiger charge is -2.48. The number of pyridine rings is 1. The standard InChI is InChI=1S/C37H24N2OS/c40-36(25-12-2-1-3-13-25)26-22-23-35(38-24-26)39-31-18-8-4-14-27(31)37(28-15-5-9-19-32(28)39)29-16-6-10-20-33(29)41-34-21-11-7-17-30(34)37/h1-24H. The van der Waals surface area contributed by atoms with Crippen LogP contribution < -0.4 is 4.90 Å². The second-order valence-corrected chi connectivity index (χ2v) is 11.4. The van der Waals surface area contributed by atoms with E-state index < -0.39 is 5.41 Å². The fourth-order valence-electron chi connectivity index (χ4n) is 6.48. The highest BCUT2D eigenvalue weighted by Gasteiger charge is 2.50. The fraction of sp³-hybridized carbons (Fsp3) is 0.0270. The number of rotatable bonds is 3. The van der Waals surface area contributed by atoms with Crippen LogP contribution in [0.2, 0.25) is 0 Å². The predicted molar refractivity (Wildman–Crippen MR) is 165 cm³/mol. The molecule has 1 aromatic heterocycles. The van der Waals surface area contributed by atoms with Crippen LogP contribution in [-0.2, 0) is 5.41 Å². The Hall–Kier alpha value is -4.93. The molecule has 0 N–H and O–H groups in total. The number of carbonyl (C=O) groups is 1. The van der Waals surface area contributed by atoms with E-state index in [4.69, 9.17) is 4.98 Å². The number of hydrogen-bond acceptors (Lipinski definition) is 4. The van der Waals surface area contributed by atoms with Gasteiger partial charge in [-0.1, -0.05) is 115 Å². The Kier molecular flexibility index (Phi) is 5.44. The second kappa shape index (κ2) is 9.33. The fourth-order valence-corrected chi connectivity index (χ4v) is 7.67. The number of fused-ring (bicyclic) bond motifs is 8. The lowest BCUT2D eigenvalue weighted by atomic mass is 9.62. The van der Waals surface area contributed by atoms with E-state index in [9.17, 15) is 4.79 Å². The van der Waals surface area contributed by atoms with Gasteiger partial charge >= 0.3 is 0 Å². The maximum absolute atomic E-state index is 13.1. The van der Waals surface area contributed by atoms with Crippen molar-refractivity contribution in [2.45, 2.75) is 15.2 Å². The van der Waals surface area contributed by atoms with E-state index in [1.165, 1.54) is 32.0 Å². The summed E-state index contributed by atoms with van der Waals surface area (Å²) >= 11 is 1.84. The quantitative estimate of drug-likeness (QED) is 0.208. The van der Waals surface area contributed by atoms with Gasteiger partial charge < -0.3 is 0 Å². The molecule has 2 aliphatic rings. The minimum Gasteiger partial charge on any atom is -0.294 e. The van der Waals surface area contributed by atoms with E-state index in [0.717, 1.165) is 17.2 Å². The Labute approximate surface area is 243 Å². The van der Waals surface area contributed by atoms with Gasteiger partial charge in [0.15, 0.2) is 5.78 Å². The van der Waals surface area contributed by atoms with E-state index in [2.05, 4.69) is 102 Å². The van der Waals surface area contributed by atoms with Crippen LogP contribution >= 0.6 is 11.8 Å². The average molecular weight is 545 g/mol. The van der Waals surface area contributed by atoms with E-state index in [1.807, 2.05) is 54.2 Å². The van der Waals surface area contributed by atoms with Crippen molar-refractivity contribution < 1.29 is 4.79 Å². The first-order valence-corrected chi connectivity index (χ1v) is 14.5. The van der Waals surface area contributed by atoms with E-state index in [0.29, 0.717) is 11.1 Å². The summed E-state index contributed by atoms with van der Waals surface area (Å²) in [6.07, 6.45) is 1.70. The smallest absolute Gasteiger partial charge is 0.194 e. The minimum absolute atomic E-state index is 0.0315. The van der Waals surface area contributed by atoms with Crippen molar-refractivity contribution in [2.75, 3.05) is 4.90 Å². The molecular weight excluding hydrogens is 520 g/mol. The summed E-state index contributed by atoms with van der Waals surface area (Å²) in [5.74, 6) is 0.743. The molecule has 0 saturated heterocycles. The van der Waals surface area contributed by atoms with Crippen molar-refractivity contribution in [3.8, 4) is 0 Å². The summed E-state index contributed by atoms with van der Waals surface area (Å²) in [4.78, 5) is 22.8. The molecular formula is C37H24N2OS. The van der Waals surface area contributed by atoms with Crippen LogP contribution in [-0.4, -0.2) is 10.8 Å². The van der Waals surface area contributed by atoms with Crippen LogP contribution in [0.3, 0.4) is 0 Å². The molecule has 0 aliphatic carbocycles. The minimum atomic E-state index is -0.481. The highest BCUT2D eigenvalue weighted by Crippen LogP contribution is 2.62. The lowest BCUT2D eigenvalue weighted by molar-refractivity contribution is 0.103. The zero-order valence-electron chi connectivity index (χ0n) is 22.1. The SMILES string of the molecule is O=C(c1ccccc1)c1ccc(N2c3ccccc3C3(c4ccccc4Sc4ccccc43)c3ccccc32)nc1. The molecule has 0 fully saturated rings. The monoisotopic (exact) mass is 544 g/mol. The Morgan fingerprint density at radius 3 is 1.61 bits per heavy atom. The second-order valence-electron chi connectivity index (χ2n) is 10.3. The van der Waals surface area contributed by atoms with Gasteiger partial charge in [0.05, 0.1) is 16.8 Å². The normalized spacial score (nSPS) is 14.0. The zero-order valence-corrected chi connectivity index (χ0v) is 22.9. The molecule has 0 unspecified atom stereocenters. The molecule has 0 radical (unpaired) electrons. The molecule has 41 heavy (non-hydrogen) atoms. The zero-order chi connectivity index (χ0) is 27.4. The molecule has 5 aromatic carbocycles. The molecule has 1 spiro atoms. The van der Waals surface area contributed by atoms with Gasteiger partial charge in [0, 0.05) is 27.1 Å². The summed E-state index contributed by atoms with van der Waals surface area (Å²) in [6, 6.07) is 48.1. The van der Waals surface area contributed by atoms with Crippen LogP contribution in [0.25, 0.3) is 0 Å². The largest absolute Gasteiger partial charge is 0.294 e. The number of benzene rings is 5. The molecule has 0 bridgehead atoms. The van der Waals surface area contributed by atoms with Gasteiger partial charge in [0.1, 0.15) is 5.82 Å². The lowest BCUT2D eigenvalue weighted by Crippen LogP contribution is -2.39. The highest BCUT2D eigenvalue weighted by molar-refractivity contribution is 7.99. The van der Waals surface area contributed by atoms with Crippen molar-refractivity contribution in [3.05, 3.63) is 179 Å². The average Bonchev–Trinajstić information content (AvgIpc) is 3.05. The van der Waals surface area contributed by atoms with Crippen LogP contribution in [0, 0.1) is 0 Å². The van der Waals surface area contributed by atoms with Gasteiger partial charge in [-0.3, -0.25) is 9.69 Å². The maximum atomic E-state index is 13.1. The molecule has 0 atom stereocenters. The predicted octanol–water partition coefficient (Wildman–Crippen LogP) is 8.94. The molecule has 4 heteroatoms. The third-order valence-corrected chi connectivity index (χ3v) is 9.33.